The van der Waals surface area contributed by atoms with Crippen LogP contribution in [0.5, 0.6) is 5.75 Å². The summed E-state index contributed by atoms with van der Waals surface area (Å²) < 4.78 is 10.9. The Kier molecular flexibility index (Phi) is 7.29. The number of nitrogens with zero attached hydrogens (tertiary/aromatic N) is 1. The number of amides is 1. The summed E-state index contributed by atoms with van der Waals surface area (Å²) in [5.41, 5.74) is 2.99. The summed E-state index contributed by atoms with van der Waals surface area (Å²) >= 11 is 0. The Morgan fingerprint density at radius 3 is 2.58 bits per heavy atom. The van der Waals surface area contributed by atoms with Gasteiger partial charge in [0.1, 0.15) is 5.75 Å². The molecule has 0 aliphatic heterocycles. The Balaban J connectivity index is 1.78. The van der Waals surface area contributed by atoms with Crippen LogP contribution in [-0.4, -0.2) is 17.7 Å². The fourth-order valence-electron chi connectivity index (χ4n) is 2.38. The highest BCUT2D eigenvalue weighted by atomic mass is 16.5. The Labute approximate surface area is 142 Å². The first-order valence-corrected chi connectivity index (χ1v) is 8.45. The predicted octanol–water partition coefficient (Wildman–Crippen LogP) is 3.68. The van der Waals surface area contributed by atoms with Crippen LogP contribution >= 0.6 is 0 Å². The molecule has 0 unspecified atom stereocenters. The van der Waals surface area contributed by atoms with Crippen LogP contribution in [0.25, 0.3) is 11.3 Å². The number of benzene rings is 1. The zero-order chi connectivity index (χ0) is 17.2. The predicted molar refractivity (Wildman–Crippen MR) is 92.5 cm³/mol. The van der Waals surface area contributed by atoms with Gasteiger partial charge < -0.3 is 9.26 Å². The van der Waals surface area contributed by atoms with Gasteiger partial charge in [-0.3, -0.25) is 10.2 Å². The number of carbonyl (C=O) groups excluding carboxylic acids is 1. The summed E-state index contributed by atoms with van der Waals surface area (Å²) in [4.78, 5) is 11.4. The van der Waals surface area contributed by atoms with Crippen molar-refractivity contribution >= 4 is 5.91 Å². The van der Waals surface area contributed by atoms with Gasteiger partial charge in [-0.15, -0.1) is 0 Å². The first kappa shape index (κ1) is 18.0. The lowest BCUT2D eigenvalue weighted by Gasteiger charge is -2.06. The van der Waals surface area contributed by atoms with Crippen LogP contribution in [0, 0.1) is 0 Å². The van der Waals surface area contributed by atoms with E-state index in [1.54, 1.807) is 6.07 Å². The first-order chi connectivity index (χ1) is 11.7. The molecule has 1 aromatic heterocycles. The molecule has 0 bridgehead atoms. The minimum atomic E-state index is -0.483. The lowest BCUT2D eigenvalue weighted by molar-refractivity contribution is 0.0944. The summed E-state index contributed by atoms with van der Waals surface area (Å²) in [5.74, 6) is 5.92. The van der Waals surface area contributed by atoms with E-state index >= 15 is 0 Å². The molecule has 1 heterocycles. The van der Waals surface area contributed by atoms with Crippen LogP contribution < -0.4 is 16.0 Å². The second-order valence-electron chi connectivity index (χ2n) is 5.69. The van der Waals surface area contributed by atoms with E-state index < -0.39 is 5.91 Å². The van der Waals surface area contributed by atoms with Gasteiger partial charge in [-0.25, -0.2) is 5.84 Å². The van der Waals surface area contributed by atoms with Crippen molar-refractivity contribution in [3.8, 4) is 17.1 Å². The average Bonchev–Trinajstić information content (AvgIpc) is 3.11. The van der Waals surface area contributed by atoms with Crippen LogP contribution in [0.4, 0.5) is 0 Å². The molecule has 1 aromatic carbocycles. The van der Waals surface area contributed by atoms with E-state index in [9.17, 15) is 4.79 Å². The largest absolute Gasteiger partial charge is 0.494 e. The molecule has 0 radical (unpaired) electrons. The van der Waals surface area contributed by atoms with Crippen LogP contribution in [0.2, 0.25) is 0 Å². The standard InChI is InChI=1S/C18H25N3O3/c1-2-3-4-5-6-7-12-23-15-10-8-14(9-11-15)17-13-16(21-24-17)18(22)20-19/h8-11,13H,2-7,12,19H2,1H3,(H,20,22). The monoisotopic (exact) mass is 331 g/mol. The van der Waals surface area contributed by atoms with Gasteiger partial charge in [0.2, 0.25) is 0 Å². The Hall–Kier alpha value is -2.34. The number of nitrogen functional groups attached to an aromatic ring is 1. The molecule has 0 saturated heterocycles. The van der Waals surface area contributed by atoms with Crippen molar-refractivity contribution in [1.29, 1.82) is 0 Å². The number of unbranched alkanes of at least 4 members (excludes halogenated alkanes) is 5. The number of carbonyl (C=O) groups is 1. The number of nitrogens with two attached hydrogens (primary N) is 1. The fraction of sp³-hybridized carbons (Fsp3) is 0.444. The summed E-state index contributed by atoms with van der Waals surface area (Å²) in [6.45, 7) is 2.95. The molecule has 130 valence electrons. The number of rotatable bonds is 10. The number of aromatic nitrogens is 1. The quantitative estimate of drug-likeness (QED) is 0.300. The summed E-state index contributed by atoms with van der Waals surface area (Å²) in [7, 11) is 0. The number of hydrogen-bond donors (Lipinski definition) is 2. The van der Waals surface area contributed by atoms with Crippen LogP contribution in [0.15, 0.2) is 34.9 Å². The molecular formula is C18H25N3O3. The third-order valence-corrected chi connectivity index (χ3v) is 3.78. The van der Waals surface area contributed by atoms with Gasteiger partial charge in [0.15, 0.2) is 11.5 Å². The molecule has 0 saturated carbocycles. The van der Waals surface area contributed by atoms with Crippen LogP contribution in [0.1, 0.15) is 55.9 Å². The Bertz CT molecular complexity index is 623. The lowest BCUT2D eigenvalue weighted by Crippen LogP contribution is -2.30. The van der Waals surface area contributed by atoms with Gasteiger partial charge in [0.05, 0.1) is 6.61 Å². The van der Waals surface area contributed by atoms with E-state index in [-0.39, 0.29) is 5.69 Å². The number of ether oxygens (including phenoxy) is 1. The highest BCUT2D eigenvalue weighted by Gasteiger charge is 2.12. The van der Waals surface area contributed by atoms with Crippen molar-refractivity contribution in [2.75, 3.05) is 6.61 Å². The minimum absolute atomic E-state index is 0.149. The van der Waals surface area contributed by atoms with E-state index in [1.165, 1.54) is 32.1 Å². The van der Waals surface area contributed by atoms with E-state index in [2.05, 4.69) is 12.1 Å². The van der Waals surface area contributed by atoms with E-state index in [4.69, 9.17) is 15.1 Å². The first-order valence-electron chi connectivity index (χ1n) is 8.45. The van der Waals surface area contributed by atoms with Crippen LogP contribution in [-0.2, 0) is 0 Å². The Morgan fingerprint density at radius 1 is 1.17 bits per heavy atom. The maximum absolute atomic E-state index is 11.4. The number of hydrazine groups is 1. The molecule has 6 heteroatoms. The van der Waals surface area contributed by atoms with Crippen molar-refractivity contribution in [2.45, 2.75) is 45.4 Å². The van der Waals surface area contributed by atoms with Crippen molar-refractivity contribution in [3.05, 3.63) is 36.0 Å². The average molecular weight is 331 g/mol. The summed E-state index contributed by atoms with van der Waals surface area (Å²) in [6.07, 6.45) is 7.46. The molecule has 6 nitrogen and oxygen atoms in total. The number of nitrogens with one attached hydrogen (secondary N) is 1. The number of hydrogen-bond acceptors (Lipinski definition) is 5. The molecule has 0 spiro atoms. The highest BCUT2D eigenvalue weighted by Crippen LogP contribution is 2.23. The zero-order valence-corrected chi connectivity index (χ0v) is 14.1. The molecule has 1 amide bonds. The van der Waals surface area contributed by atoms with Crippen molar-refractivity contribution in [2.24, 2.45) is 5.84 Å². The van der Waals surface area contributed by atoms with Crippen molar-refractivity contribution < 1.29 is 14.1 Å². The molecule has 0 fully saturated rings. The van der Waals surface area contributed by atoms with Gasteiger partial charge in [-0.1, -0.05) is 44.2 Å². The molecule has 3 N–H and O–H groups in total. The Morgan fingerprint density at radius 2 is 1.88 bits per heavy atom. The smallest absolute Gasteiger partial charge is 0.287 e. The minimum Gasteiger partial charge on any atom is -0.494 e. The van der Waals surface area contributed by atoms with Gasteiger partial charge in [-0.2, -0.15) is 0 Å². The SMILES string of the molecule is CCCCCCCCOc1ccc(-c2cc(C(=O)NN)no2)cc1. The molecule has 2 rings (SSSR count). The second-order valence-corrected chi connectivity index (χ2v) is 5.69. The molecule has 2 aromatic rings. The molecule has 0 aliphatic carbocycles. The van der Waals surface area contributed by atoms with Crippen molar-refractivity contribution in [3.63, 3.8) is 0 Å². The molecule has 0 atom stereocenters. The summed E-state index contributed by atoms with van der Waals surface area (Å²) in [5, 5.41) is 3.68. The molecule has 0 aliphatic rings. The topological polar surface area (TPSA) is 90.4 Å². The van der Waals surface area contributed by atoms with E-state index in [0.717, 1.165) is 24.3 Å². The summed E-state index contributed by atoms with van der Waals surface area (Å²) in [6, 6.07) is 9.08. The maximum atomic E-state index is 11.4. The maximum Gasteiger partial charge on any atom is 0.287 e. The highest BCUT2D eigenvalue weighted by molar-refractivity contribution is 5.92. The second kappa shape index (κ2) is 9.72. The van der Waals surface area contributed by atoms with Gasteiger partial charge in [0, 0.05) is 11.6 Å². The normalized spacial score (nSPS) is 10.6. The molecular weight excluding hydrogens is 306 g/mol. The zero-order valence-electron chi connectivity index (χ0n) is 14.1. The van der Waals surface area contributed by atoms with E-state index in [0.29, 0.717) is 5.76 Å². The van der Waals surface area contributed by atoms with Crippen molar-refractivity contribution in [1.82, 2.24) is 10.6 Å². The third-order valence-electron chi connectivity index (χ3n) is 3.78. The lowest BCUT2D eigenvalue weighted by atomic mass is 10.1. The van der Waals surface area contributed by atoms with Gasteiger partial charge in [-0.05, 0) is 30.7 Å². The van der Waals surface area contributed by atoms with Gasteiger partial charge >= 0.3 is 0 Å². The van der Waals surface area contributed by atoms with E-state index in [1.807, 2.05) is 29.7 Å². The molecule has 24 heavy (non-hydrogen) atoms. The third kappa shape index (κ3) is 5.38. The van der Waals surface area contributed by atoms with Crippen LogP contribution in [0.3, 0.4) is 0 Å². The fourth-order valence-corrected chi connectivity index (χ4v) is 2.38. The van der Waals surface area contributed by atoms with Gasteiger partial charge in [0.25, 0.3) is 5.91 Å².